The summed E-state index contributed by atoms with van der Waals surface area (Å²) >= 11 is 0. The minimum atomic E-state index is -0.591. The number of nitrogens with zero attached hydrogens (tertiary/aromatic N) is 5. The van der Waals surface area contributed by atoms with Crippen LogP contribution in [-0.2, 0) is 11.3 Å². The van der Waals surface area contributed by atoms with Gasteiger partial charge in [-0.15, -0.1) is 5.10 Å². The fourth-order valence-corrected chi connectivity index (χ4v) is 3.43. The van der Waals surface area contributed by atoms with Gasteiger partial charge in [-0.05, 0) is 37.3 Å². The van der Waals surface area contributed by atoms with Gasteiger partial charge in [-0.1, -0.05) is 41.1 Å². The number of benzene rings is 2. The number of anilines is 1. The highest BCUT2D eigenvalue weighted by atomic mass is 19.1. The highest BCUT2D eigenvalue weighted by Crippen LogP contribution is 2.25. The maximum absolute atomic E-state index is 13.8. The molecule has 0 unspecified atom stereocenters. The molecule has 0 saturated carbocycles. The van der Waals surface area contributed by atoms with E-state index in [0.717, 1.165) is 15.8 Å². The predicted molar refractivity (Wildman–Crippen MR) is 118 cm³/mol. The largest absolute Gasteiger partial charge is 0.350 e. The minimum Gasteiger partial charge on any atom is -0.333 e. The molecule has 0 aliphatic rings. The number of amides is 1. The number of carbonyl (C=O) groups excluding carboxylic acids is 1. The summed E-state index contributed by atoms with van der Waals surface area (Å²) in [7, 11) is 0. The first-order valence-electron chi connectivity index (χ1n) is 10.0. The van der Waals surface area contributed by atoms with Crippen LogP contribution in [0.15, 0.2) is 76.2 Å². The summed E-state index contributed by atoms with van der Waals surface area (Å²) in [6.07, 6.45) is 1.53. The number of aryl methyl sites for hydroxylation is 1. The van der Waals surface area contributed by atoms with Gasteiger partial charge >= 0.3 is 5.69 Å². The van der Waals surface area contributed by atoms with Crippen LogP contribution in [0.25, 0.3) is 28.5 Å². The fourth-order valence-electron chi connectivity index (χ4n) is 3.43. The van der Waals surface area contributed by atoms with Gasteiger partial charge in [0.1, 0.15) is 12.4 Å². The van der Waals surface area contributed by atoms with Gasteiger partial charge in [0.05, 0.1) is 11.3 Å². The maximum Gasteiger partial charge on any atom is 0.350 e. The number of fused-ring (bicyclic) bond motifs is 1. The molecule has 164 valence electrons. The van der Waals surface area contributed by atoms with Crippen molar-refractivity contribution in [1.82, 2.24) is 24.3 Å². The number of hydrogen-bond donors (Lipinski definition) is 1. The van der Waals surface area contributed by atoms with Crippen LogP contribution in [0.4, 0.5) is 10.1 Å². The smallest absolute Gasteiger partial charge is 0.333 e. The molecule has 3 aromatic heterocycles. The first-order valence-corrected chi connectivity index (χ1v) is 10.0. The Bertz CT molecular complexity index is 1550. The van der Waals surface area contributed by atoms with Crippen LogP contribution < -0.4 is 11.0 Å². The third kappa shape index (κ3) is 3.89. The van der Waals surface area contributed by atoms with Gasteiger partial charge in [-0.2, -0.15) is 4.98 Å². The van der Waals surface area contributed by atoms with E-state index in [1.807, 2.05) is 31.2 Å². The summed E-state index contributed by atoms with van der Waals surface area (Å²) < 4.78 is 21.5. The Morgan fingerprint density at radius 3 is 2.79 bits per heavy atom. The number of nitrogens with one attached hydrogen (secondary N) is 1. The Hall–Kier alpha value is -4.60. The zero-order valence-corrected chi connectivity index (χ0v) is 17.4. The molecule has 0 aliphatic carbocycles. The Kier molecular flexibility index (Phi) is 5.02. The lowest BCUT2D eigenvalue weighted by Crippen LogP contribution is -2.28. The average Bonchev–Trinajstić information content (AvgIpc) is 3.41. The van der Waals surface area contributed by atoms with Crippen molar-refractivity contribution in [1.29, 1.82) is 0 Å². The molecular formula is C23H17FN6O3. The molecule has 0 atom stereocenters. The first-order chi connectivity index (χ1) is 16.0. The second-order valence-corrected chi connectivity index (χ2v) is 7.38. The maximum atomic E-state index is 13.8. The zero-order chi connectivity index (χ0) is 22.9. The SMILES string of the molecule is Cc1cccc(-c2noc(-c3cccn4c(=O)n(CC(=O)Nc5ccccc5F)nc34)n2)c1. The van der Waals surface area contributed by atoms with Crippen molar-refractivity contribution < 1.29 is 13.7 Å². The molecule has 9 nitrogen and oxygen atoms in total. The lowest BCUT2D eigenvalue weighted by molar-refractivity contribution is -0.117. The Balaban J connectivity index is 1.46. The van der Waals surface area contributed by atoms with E-state index in [9.17, 15) is 14.0 Å². The number of carbonyl (C=O) groups is 1. The van der Waals surface area contributed by atoms with E-state index in [0.29, 0.717) is 11.4 Å². The highest BCUT2D eigenvalue weighted by molar-refractivity contribution is 5.90. The van der Waals surface area contributed by atoms with Crippen molar-refractivity contribution in [3.05, 3.63) is 88.7 Å². The van der Waals surface area contributed by atoms with Crippen molar-refractivity contribution in [3.8, 4) is 22.8 Å². The summed E-state index contributed by atoms with van der Waals surface area (Å²) in [6, 6.07) is 16.8. The number of halogens is 1. The van der Waals surface area contributed by atoms with E-state index >= 15 is 0 Å². The van der Waals surface area contributed by atoms with Crippen LogP contribution in [0.3, 0.4) is 0 Å². The molecule has 0 bridgehead atoms. The first kappa shape index (κ1) is 20.3. The van der Waals surface area contributed by atoms with Gasteiger partial charge in [0.15, 0.2) is 5.65 Å². The van der Waals surface area contributed by atoms with Gasteiger partial charge in [0.25, 0.3) is 5.89 Å². The fraction of sp³-hybridized carbons (Fsp3) is 0.0870. The molecule has 5 aromatic rings. The van der Waals surface area contributed by atoms with Crippen LogP contribution in [0.1, 0.15) is 5.56 Å². The van der Waals surface area contributed by atoms with Gasteiger partial charge in [0.2, 0.25) is 11.7 Å². The van der Waals surface area contributed by atoms with Crippen LogP contribution in [0.2, 0.25) is 0 Å². The highest BCUT2D eigenvalue weighted by Gasteiger charge is 2.19. The molecule has 0 saturated heterocycles. The quantitative estimate of drug-likeness (QED) is 0.446. The zero-order valence-electron chi connectivity index (χ0n) is 17.4. The van der Waals surface area contributed by atoms with Gasteiger partial charge < -0.3 is 9.84 Å². The van der Waals surface area contributed by atoms with E-state index in [1.54, 1.807) is 18.2 Å². The molecule has 0 aliphatic heterocycles. The monoisotopic (exact) mass is 444 g/mol. The predicted octanol–water partition coefficient (Wildman–Crippen LogP) is 3.30. The minimum absolute atomic E-state index is 0.0227. The second kappa shape index (κ2) is 8.15. The molecular weight excluding hydrogens is 427 g/mol. The molecule has 0 spiro atoms. The number of hydrogen-bond acceptors (Lipinski definition) is 6. The van der Waals surface area contributed by atoms with Gasteiger partial charge in [-0.3, -0.25) is 4.79 Å². The Labute approximate surface area is 186 Å². The van der Waals surface area contributed by atoms with Crippen LogP contribution >= 0.6 is 0 Å². The van der Waals surface area contributed by atoms with Crippen LogP contribution in [0.5, 0.6) is 0 Å². The van der Waals surface area contributed by atoms with Gasteiger partial charge in [-0.25, -0.2) is 18.3 Å². The van der Waals surface area contributed by atoms with Crippen molar-refractivity contribution in [2.75, 3.05) is 5.32 Å². The second-order valence-electron chi connectivity index (χ2n) is 7.38. The van der Waals surface area contributed by atoms with E-state index in [2.05, 4.69) is 20.6 Å². The van der Waals surface area contributed by atoms with Crippen molar-refractivity contribution >= 4 is 17.2 Å². The summed E-state index contributed by atoms with van der Waals surface area (Å²) in [4.78, 5) is 29.6. The molecule has 5 rings (SSSR count). The normalized spacial score (nSPS) is 11.1. The van der Waals surface area contributed by atoms with E-state index < -0.39 is 24.0 Å². The third-order valence-corrected chi connectivity index (χ3v) is 4.98. The van der Waals surface area contributed by atoms with Gasteiger partial charge in [0, 0.05) is 11.8 Å². The number of rotatable bonds is 5. The lowest BCUT2D eigenvalue weighted by Gasteiger charge is -2.05. The molecule has 33 heavy (non-hydrogen) atoms. The van der Waals surface area contributed by atoms with Crippen molar-refractivity contribution in [2.45, 2.75) is 13.5 Å². The number of para-hydroxylation sites is 1. The van der Waals surface area contributed by atoms with E-state index in [-0.39, 0.29) is 17.2 Å². The summed E-state index contributed by atoms with van der Waals surface area (Å²) in [5.74, 6) is -0.574. The number of pyridine rings is 1. The molecule has 10 heteroatoms. The van der Waals surface area contributed by atoms with Crippen molar-refractivity contribution in [2.24, 2.45) is 0 Å². The van der Waals surface area contributed by atoms with E-state index in [4.69, 9.17) is 4.52 Å². The molecule has 2 aromatic carbocycles. The summed E-state index contributed by atoms with van der Waals surface area (Å²) in [6.45, 7) is 1.57. The van der Waals surface area contributed by atoms with Crippen LogP contribution in [-0.4, -0.2) is 30.2 Å². The molecule has 1 amide bonds. The third-order valence-electron chi connectivity index (χ3n) is 4.98. The Morgan fingerprint density at radius 1 is 1.12 bits per heavy atom. The molecule has 0 radical (unpaired) electrons. The van der Waals surface area contributed by atoms with Crippen molar-refractivity contribution in [3.63, 3.8) is 0 Å². The molecule has 3 heterocycles. The summed E-state index contributed by atoms with van der Waals surface area (Å²) in [5, 5.41) is 10.7. The Morgan fingerprint density at radius 2 is 1.97 bits per heavy atom. The standard InChI is InChI=1S/C23H17FN6O3/c1-14-6-4-7-15(12-14)20-26-22(33-28-20)16-8-5-11-29-21(16)27-30(23(29)32)13-19(31)25-18-10-3-2-9-17(18)24/h2-12H,13H2,1H3,(H,25,31). The molecule has 0 fully saturated rings. The summed E-state index contributed by atoms with van der Waals surface area (Å²) in [5.41, 5.74) is 2.03. The average molecular weight is 444 g/mol. The lowest BCUT2D eigenvalue weighted by atomic mass is 10.1. The number of aromatic nitrogens is 5. The van der Waals surface area contributed by atoms with E-state index in [1.165, 1.54) is 28.8 Å². The van der Waals surface area contributed by atoms with Crippen LogP contribution in [0, 0.1) is 12.7 Å². The topological polar surface area (TPSA) is 107 Å². The molecule has 1 N–H and O–H groups in total.